The van der Waals surface area contributed by atoms with Gasteiger partial charge in [0.2, 0.25) is 0 Å². The molecule has 0 saturated carbocycles. The van der Waals surface area contributed by atoms with Crippen molar-refractivity contribution in [3.05, 3.63) is 81.4 Å². The highest BCUT2D eigenvalue weighted by molar-refractivity contribution is 6.46. The Labute approximate surface area is 167 Å². The number of non-ortho nitro benzene ring substituents is 1. The van der Waals surface area contributed by atoms with Crippen LogP contribution in [0.1, 0.15) is 23.6 Å². The van der Waals surface area contributed by atoms with E-state index in [0.717, 1.165) is 0 Å². The Morgan fingerprint density at radius 1 is 1.17 bits per heavy atom. The summed E-state index contributed by atoms with van der Waals surface area (Å²) in [6.07, 6.45) is 0.473. The first kappa shape index (κ1) is 20.2. The van der Waals surface area contributed by atoms with Crippen LogP contribution in [-0.4, -0.2) is 46.9 Å². The van der Waals surface area contributed by atoms with Gasteiger partial charge in [-0.05, 0) is 12.0 Å². The first-order valence-corrected chi connectivity index (χ1v) is 9.02. The number of ketones is 1. The Bertz CT molecular complexity index is 970. The molecule has 1 unspecified atom stereocenters. The molecule has 8 nitrogen and oxygen atoms in total. The van der Waals surface area contributed by atoms with E-state index in [-0.39, 0.29) is 23.6 Å². The second kappa shape index (κ2) is 8.66. The highest BCUT2D eigenvalue weighted by Gasteiger charge is 2.46. The molecule has 8 heteroatoms. The summed E-state index contributed by atoms with van der Waals surface area (Å²) in [6.45, 7) is 0.584. The number of nitro groups is 1. The zero-order valence-corrected chi connectivity index (χ0v) is 15.8. The fourth-order valence-electron chi connectivity index (χ4n) is 3.40. The molecule has 1 aliphatic rings. The van der Waals surface area contributed by atoms with Crippen LogP contribution in [0.25, 0.3) is 5.76 Å². The molecule has 2 aromatic carbocycles. The summed E-state index contributed by atoms with van der Waals surface area (Å²) < 4.78 is 5.03. The van der Waals surface area contributed by atoms with Gasteiger partial charge in [-0.25, -0.2) is 0 Å². The molecular formula is C21H20N2O6. The highest BCUT2D eigenvalue weighted by atomic mass is 16.6. The molecule has 29 heavy (non-hydrogen) atoms. The van der Waals surface area contributed by atoms with Crippen molar-refractivity contribution in [3.63, 3.8) is 0 Å². The maximum atomic E-state index is 12.8. The van der Waals surface area contributed by atoms with Gasteiger partial charge in [-0.15, -0.1) is 0 Å². The number of ether oxygens (including phenoxy) is 1. The number of aliphatic hydroxyl groups excluding tert-OH is 1. The van der Waals surface area contributed by atoms with Gasteiger partial charge in [0.05, 0.1) is 16.5 Å². The van der Waals surface area contributed by atoms with Crippen LogP contribution < -0.4 is 0 Å². The van der Waals surface area contributed by atoms with Crippen molar-refractivity contribution in [2.45, 2.75) is 12.5 Å². The van der Waals surface area contributed by atoms with Gasteiger partial charge >= 0.3 is 0 Å². The van der Waals surface area contributed by atoms with Crippen molar-refractivity contribution in [1.29, 1.82) is 0 Å². The second-order valence-corrected chi connectivity index (χ2v) is 6.56. The van der Waals surface area contributed by atoms with Crippen LogP contribution in [0.3, 0.4) is 0 Å². The minimum Gasteiger partial charge on any atom is -0.507 e. The second-order valence-electron chi connectivity index (χ2n) is 6.56. The standard InChI is InChI=1S/C21H20N2O6/c1-29-12-6-11-22-18(15-9-5-10-16(13-15)23(27)28)17(20(25)21(22)26)19(24)14-7-3-2-4-8-14/h2-5,7-10,13,18,24H,6,11-12H2,1H3/b19-17-. The summed E-state index contributed by atoms with van der Waals surface area (Å²) in [5, 5.41) is 22.0. The summed E-state index contributed by atoms with van der Waals surface area (Å²) in [4.78, 5) is 37.5. The number of Topliss-reactive ketones (excluding diaryl/α,β-unsaturated/α-hetero) is 1. The lowest BCUT2D eigenvalue weighted by Gasteiger charge is -2.25. The quantitative estimate of drug-likeness (QED) is 0.192. The number of amides is 1. The average molecular weight is 396 g/mol. The van der Waals surface area contributed by atoms with Crippen molar-refractivity contribution in [2.75, 3.05) is 20.3 Å². The minimum atomic E-state index is -0.924. The van der Waals surface area contributed by atoms with E-state index in [1.54, 1.807) is 36.4 Å². The van der Waals surface area contributed by atoms with Crippen LogP contribution in [0, 0.1) is 10.1 Å². The predicted molar refractivity (Wildman–Crippen MR) is 105 cm³/mol. The van der Waals surface area contributed by atoms with Gasteiger partial charge in [0.15, 0.2) is 0 Å². The van der Waals surface area contributed by atoms with E-state index in [9.17, 15) is 24.8 Å². The van der Waals surface area contributed by atoms with Crippen molar-refractivity contribution in [3.8, 4) is 0 Å². The first-order valence-electron chi connectivity index (χ1n) is 9.02. The lowest BCUT2D eigenvalue weighted by molar-refractivity contribution is -0.384. The molecule has 150 valence electrons. The number of nitro benzene ring substituents is 1. The Hall–Kier alpha value is -3.52. The number of methoxy groups -OCH3 is 1. The van der Waals surface area contributed by atoms with Crippen LogP contribution in [0.15, 0.2) is 60.2 Å². The predicted octanol–water partition coefficient (Wildman–Crippen LogP) is 3.05. The molecule has 2 aromatic rings. The monoisotopic (exact) mass is 396 g/mol. The van der Waals surface area contributed by atoms with Crippen LogP contribution in [0.4, 0.5) is 5.69 Å². The molecule has 1 fully saturated rings. The number of likely N-dealkylation sites (tertiary alicyclic amines) is 1. The van der Waals surface area contributed by atoms with Gasteiger partial charge in [-0.1, -0.05) is 42.5 Å². The molecule has 1 atom stereocenters. The van der Waals surface area contributed by atoms with E-state index in [0.29, 0.717) is 24.2 Å². The number of nitrogens with zero attached hydrogens (tertiary/aromatic N) is 2. The van der Waals surface area contributed by atoms with E-state index in [2.05, 4.69) is 0 Å². The maximum absolute atomic E-state index is 12.8. The van der Waals surface area contributed by atoms with Crippen LogP contribution in [0.5, 0.6) is 0 Å². The molecule has 1 saturated heterocycles. The lowest BCUT2D eigenvalue weighted by atomic mass is 9.95. The van der Waals surface area contributed by atoms with Crippen LogP contribution >= 0.6 is 0 Å². The van der Waals surface area contributed by atoms with Crippen molar-refractivity contribution in [1.82, 2.24) is 4.90 Å². The molecule has 0 bridgehead atoms. The van der Waals surface area contributed by atoms with Gasteiger partial charge in [-0.2, -0.15) is 0 Å². The Balaban J connectivity index is 2.15. The zero-order valence-electron chi connectivity index (χ0n) is 15.8. The number of rotatable bonds is 7. The van der Waals surface area contributed by atoms with Gasteiger partial charge in [-0.3, -0.25) is 19.7 Å². The van der Waals surface area contributed by atoms with Crippen molar-refractivity contribution < 1.29 is 24.4 Å². The molecule has 1 amide bonds. The molecule has 1 N–H and O–H groups in total. The van der Waals surface area contributed by atoms with E-state index in [1.165, 1.54) is 30.2 Å². The molecule has 0 aliphatic carbocycles. The first-order chi connectivity index (χ1) is 14.0. The third-order valence-electron chi connectivity index (χ3n) is 4.73. The van der Waals surface area contributed by atoms with E-state index >= 15 is 0 Å². The number of aliphatic hydroxyl groups is 1. The van der Waals surface area contributed by atoms with Gasteiger partial charge in [0.25, 0.3) is 17.4 Å². The lowest BCUT2D eigenvalue weighted by Crippen LogP contribution is -2.31. The summed E-state index contributed by atoms with van der Waals surface area (Å²) in [5.41, 5.74) is 0.523. The van der Waals surface area contributed by atoms with Crippen LogP contribution in [0.2, 0.25) is 0 Å². The SMILES string of the molecule is COCCCN1C(=O)C(=O)/C(=C(\O)c2ccccc2)C1c1cccc([N+](=O)[O-])c1. The Morgan fingerprint density at radius 2 is 1.90 bits per heavy atom. The third kappa shape index (κ3) is 4.02. The third-order valence-corrected chi connectivity index (χ3v) is 4.73. The largest absolute Gasteiger partial charge is 0.507 e. The fraction of sp³-hybridized carbons (Fsp3) is 0.238. The fourth-order valence-corrected chi connectivity index (χ4v) is 3.40. The maximum Gasteiger partial charge on any atom is 0.295 e. The summed E-state index contributed by atoms with van der Waals surface area (Å²) in [7, 11) is 1.53. The van der Waals surface area contributed by atoms with Gasteiger partial charge < -0.3 is 14.7 Å². The number of benzene rings is 2. The molecule has 1 aliphatic heterocycles. The Morgan fingerprint density at radius 3 is 2.55 bits per heavy atom. The summed E-state index contributed by atoms with van der Waals surface area (Å²) in [6, 6.07) is 13.2. The molecule has 3 rings (SSSR count). The summed E-state index contributed by atoms with van der Waals surface area (Å²) >= 11 is 0. The van der Waals surface area contributed by atoms with E-state index < -0.39 is 22.7 Å². The number of hydrogen-bond donors (Lipinski definition) is 1. The molecular weight excluding hydrogens is 376 g/mol. The smallest absolute Gasteiger partial charge is 0.295 e. The molecule has 0 aromatic heterocycles. The molecule has 1 heterocycles. The van der Waals surface area contributed by atoms with Crippen molar-refractivity contribution >= 4 is 23.1 Å². The Kier molecular flexibility index (Phi) is 6.04. The number of carbonyl (C=O) groups excluding carboxylic acids is 2. The van der Waals surface area contributed by atoms with E-state index in [1.807, 2.05) is 0 Å². The van der Waals surface area contributed by atoms with Crippen molar-refractivity contribution in [2.24, 2.45) is 0 Å². The highest BCUT2D eigenvalue weighted by Crippen LogP contribution is 2.40. The van der Waals surface area contributed by atoms with Gasteiger partial charge in [0.1, 0.15) is 5.76 Å². The normalized spacial score (nSPS) is 18.2. The number of carbonyl (C=O) groups is 2. The van der Waals surface area contributed by atoms with Gasteiger partial charge in [0, 0.05) is 38.0 Å². The van der Waals surface area contributed by atoms with E-state index in [4.69, 9.17) is 4.74 Å². The topological polar surface area (TPSA) is 110 Å². The van der Waals surface area contributed by atoms with Crippen LogP contribution in [-0.2, 0) is 14.3 Å². The zero-order chi connectivity index (χ0) is 21.0. The molecule has 0 spiro atoms. The molecule has 0 radical (unpaired) electrons. The minimum absolute atomic E-state index is 0.0842. The number of hydrogen-bond acceptors (Lipinski definition) is 6. The average Bonchev–Trinajstić information content (AvgIpc) is 2.99. The summed E-state index contributed by atoms with van der Waals surface area (Å²) in [5.74, 6) is -1.88.